The van der Waals surface area contributed by atoms with Crippen LogP contribution in [0, 0.1) is 11.6 Å². The summed E-state index contributed by atoms with van der Waals surface area (Å²) >= 11 is 0. The first-order valence-electron chi connectivity index (χ1n) is 10.9. The molecule has 2 heterocycles. The van der Waals surface area contributed by atoms with E-state index < -0.39 is 5.82 Å². The Morgan fingerprint density at radius 2 is 1.74 bits per heavy atom. The second-order valence-corrected chi connectivity index (χ2v) is 8.62. The number of amides is 1. The molecule has 7 heteroatoms. The smallest absolute Gasteiger partial charge is 0.228 e. The quantitative estimate of drug-likeness (QED) is 0.640. The summed E-state index contributed by atoms with van der Waals surface area (Å²) in [6.07, 6.45) is 2.49. The molecular formula is C24H32F2N4O. The highest BCUT2D eigenvalue weighted by molar-refractivity contribution is 5.92. The van der Waals surface area contributed by atoms with Crippen LogP contribution in [0.3, 0.4) is 0 Å². The van der Waals surface area contributed by atoms with Crippen LogP contribution in [0.25, 0.3) is 0 Å². The van der Waals surface area contributed by atoms with Crippen LogP contribution in [0.5, 0.6) is 0 Å². The lowest BCUT2D eigenvalue weighted by atomic mass is 10.00. The Bertz CT molecular complexity index is 881. The molecule has 0 aliphatic carbocycles. The average Bonchev–Trinajstić information content (AvgIpc) is 2.77. The molecule has 31 heavy (non-hydrogen) atoms. The van der Waals surface area contributed by atoms with Crippen molar-refractivity contribution in [2.24, 2.45) is 0 Å². The summed E-state index contributed by atoms with van der Waals surface area (Å²) in [5, 5.41) is 0. The molecule has 168 valence electrons. The Balaban J connectivity index is 1.60. The van der Waals surface area contributed by atoms with Crippen molar-refractivity contribution in [3.8, 4) is 0 Å². The second-order valence-electron chi connectivity index (χ2n) is 8.62. The maximum atomic E-state index is 14.4. The van der Waals surface area contributed by atoms with Crippen molar-refractivity contribution in [3.05, 3.63) is 59.8 Å². The lowest BCUT2D eigenvalue weighted by Gasteiger charge is -2.45. The summed E-state index contributed by atoms with van der Waals surface area (Å²) < 4.78 is 28.2. The Hall–Kier alpha value is -2.38. The van der Waals surface area contributed by atoms with Gasteiger partial charge in [0.15, 0.2) is 11.6 Å². The number of aromatic nitrogens is 1. The summed E-state index contributed by atoms with van der Waals surface area (Å²) in [6, 6.07) is 9.78. The van der Waals surface area contributed by atoms with E-state index in [1.165, 1.54) is 29.3 Å². The zero-order valence-corrected chi connectivity index (χ0v) is 18.7. The van der Waals surface area contributed by atoms with E-state index in [4.69, 9.17) is 0 Å². The third-order valence-electron chi connectivity index (χ3n) is 6.03. The average molecular weight is 431 g/mol. The highest BCUT2D eigenvalue weighted by Gasteiger charge is 2.34. The summed E-state index contributed by atoms with van der Waals surface area (Å²) in [4.78, 5) is 22.9. The minimum atomic E-state index is -0.488. The Labute approximate surface area is 183 Å². The van der Waals surface area contributed by atoms with E-state index in [2.05, 4.69) is 28.6 Å². The molecule has 1 aliphatic heterocycles. The molecule has 1 amide bonds. The first-order valence-corrected chi connectivity index (χ1v) is 10.9. The van der Waals surface area contributed by atoms with Crippen LogP contribution in [0.1, 0.15) is 32.8 Å². The molecule has 1 saturated heterocycles. The van der Waals surface area contributed by atoms with Gasteiger partial charge in [0.25, 0.3) is 0 Å². The Kier molecular flexibility index (Phi) is 7.73. The number of anilines is 1. The highest BCUT2D eigenvalue weighted by atomic mass is 19.1. The van der Waals surface area contributed by atoms with Gasteiger partial charge in [0.1, 0.15) is 5.82 Å². The summed E-state index contributed by atoms with van der Waals surface area (Å²) in [6.45, 7) is 10.5. The second kappa shape index (κ2) is 10.3. The van der Waals surface area contributed by atoms with Gasteiger partial charge in [0.2, 0.25) is 5.91 Å². The van der Waals surface area contributed by atoms with Gasteiger partial charge in [-0.05, 0) is 44.0 Å². The number of nitrogens with zero attached hydrogens (tertiary/aromatic N) is 4. The molecule has 0 N–H and O–H groups in total. The number of halogens is 2. The predicted octanol–water partition coefficient (Wildman–Crippen LogP) is 3.74. The molecule has 1 fully saturated rings. The summed E-state index contributed by atoms with van der Waals surface area (Å²) in [7, 11) is 0. The van der Waals surface area contributed by atoms with Crippen LogP contribution in [-0.4, -0.2) is 65.5 Å². The van der Waals surface area contributed by atoms with Gasteiger partial charge in [0.05, 0.1) is 0 Å². The molecular weight excluding hydrogens is 398 g/mol. The minimum Gasteiger partial charge on any atom is -0.300 e. The van der Waals surface area contributed by atoms with Crippen LogP contribution in [0.15, 0.2) is 42.6 Å². The van der Waals surface area contributed by atoms with E-state index in [1.807, 2.05) is 12.1 Å². The van der Waals surface area contributed by atoms with E-state index in [1.54, 1.807) is 13.0 Å². The van der Waals surface area contributed by atoms with E-state index in [0.717, 1.165) is 38.3 Å². The van der Waals surface area contributed by atoms with Crippen molar-refractivity contribution in [3.63, 3.8) is 0 Å². The number of benzene rings is 1. The molecule has 0 radical (unpaired) electrons. The topological polar surface area (TPSA) is 39.7 Å². The summed E-state index contributed by atoms with van der Waals surface area (Å²) in [5.74, 6) is -0.692. The van der Waals surface area contributed by atoms with Gasteiger partial charge in [0, 0.05) is 57.4 Å². The Morgan fingerprint density at radius 3 is 2.39 bits per heavy atom. The fourth-order valence-electron chi connectivity index (χ4n) is 4.09. The number of pyridine rings is 1. The molecule has 0 saturated carbocycles. The Morgan fingerprint density at radius 1 is 1.06 bits per heavy atom. The maximum absolute atomic E-state index is 14.4. The number of carbonyl (C=O) groups excluding carboxylic acids is 1. The molecule has 1 aromatic carbocycles. The number of rotatable bonds is 8. The molecule has 1 aromatic heterocycles. The van der Waals surface area contributed by atoms with Gasteiger partial charge < -0.3 is 4.90 Å². The first-order chi connectivity index (χ1) is 14.8. The molecule has 0 bridgehead atoms. The molecule has 0 atom stereocenters. The normalized spacial score (nSPS) is 15.8. The highest BCUT2D eigenvalue weighted by Crippen LogP contribution is 2.24. The van der Waals surface area contributed by atoms with Crippen LogP contribution in [0.2, 0.25) is 0 Å². The number of hydrogen-bond donors (Lipinski definition) is 0. The third kappa shape index (κ3) is 5.86. The van der Waals surface area contributed by atoms with Crippen molar-refractivity contribution in [1.29, 1.82) is 0 Å². The zero-order valence-electron chi connectivity index (χ0n) is 18.7. The van der Waals surface area contributed by atoms with Crippen LogP contribution in [-0.2, 0) is 11.2 Å². The lowest BCUT2D eigenvalue weighted by Crippen LogP contribution is -2.59. The third-order valence-corrected chi connectivity index (χ3v) is 6.03. The number of piperazine rings is 1. The predicted molar refractivity (Wildman–Crippen MR) is 119 cm³/mol. The molecule has 2 aromatic rings. The number of carbonyl (C=O) groups is 1. The van der Waals surface area contributed by atoms with Crippen molar-refractivity contribution in [2.75, 3.05) is 44.2 Å². The van der Waals surface area contributed by atoms with Crippen molar-refractivity contribution < 1.29 is 13.6 Å². The van der Waals surface area contributed by atoms with E-state index in [0.29, 0.717) is 13.0 Å². The zero-order chi connectivity index (χ0) is 22.4. The number of hydrogen-bond acceptors (Lipinski definition) is 4. The molecule has 5 nitrogen and oxygen atoms in total. The molecule has 3 rings (SSSR count). The van der Waals surface area contributed by atoms with Gasteiger partial charge >= 0.3 is 0 Å². The van der Waals surface area contributed by atoms with E-state index >= 15 is 0 Å². The van der Waals surface area contributed by atoms with Crippen LogP contribution in [0.4, 0.5) is 14.6 Å². The monoisotopic (exact) mass is 430 g/mol. The standard InChI is InChI=1S/C24H32F2N4O/c1-4-22(31)30(23-21(26)10-7-12-27-23)18-24(2,3)29-16-14-28(15-17-29)13-11-19-8-5-6-9-20(19)25/h5-10,12H,4,11,13-18H2,1-3H3. The fraction of sp³-hybridized carbons (Fsp3) is 0.500. The minimum absolute atomic E-state index is 0.0888. The lowest BCUT2D eigenvalue weighted by molar-refractivity contribution is -0.118. The molecule has 0 unspecified atom stereocenters. The van der Waals surface area contributed by atoms with Gasteiger partial charge in [-0.25, -0.2) is 13.8 Å². The largest absolute Gasteiger partial charge is 0.300 e. The molecule has 1 aliphatic rings. The maximum Gasteiger partial charge on any atom is 0.228 e. The fourth-order valence-corrected chi connectivity index (χ4v) is 4.09. The van der Waals surface area contributed by atoms with Gasteiger partial charge in [-0.1, -0.05) is 25.1 Å². The van der Waals surface area contributed by atoms with Crippen molar-refractivity contribution in [1.82, 2.24) is 14.8 Å². The van der Waals surface area contributed by atoms with Gasteiger partial charge in [-0.3, -0.25) is 14.6 Å². The SMILES string of the molecule is CCC(=O)N(CC(C)(C)N1CCN(CCc2ccccc2F)CC1)c1ncccc1F. The van der Waals surface area contributed by atoms with E-state index in [-0.39, 0.29) is 29.5 Å². The van der Waals surface area contributed by atoms with Crippen LogP contribution < -0.4 is 4.90 Å². The van der Waals surface area contributed by atoms with Crippen molar-refractivity contribution in [2.45, 2.75) is 39.2 Å². The van der Waals surface area contributed by atoms with Gasteiger partial charge in [-0.15, -0.1) is 0 Å². The van der Waals surface area contributed by atoms with Crippen molar-refractivity contribution >= 4 is 11.7 Å². The first kappa shape index (κ1) is 23.3. The molecule has 0 spiro atoms. The van der Waals surface area contributed by atoms with E-state index in [9.17, 15) is 13.6 Å². The van der Waals surface area contributed by atoms with Gasteiger partial charge in [-0.2, -0.15) is 0 Å². The summed E-state index contributed by atoms with van der Waals surface area (Å²) in [5.41, 5.74) is 0.406. The van der Waals surface area contributed by atoms with Crippen LogP contribution >= 0.6 is 0 Å².